The zero-order chi connectivity index (χ0) is 17.9. The van der Waals surface area contributed by atoms with Gasteiger partial charge in [-0.1, -0.05) is 42.1 Å². The van der Waals surface area contributed by atoms with E-state index in [4.69, 9.17) is 0 Å². The first-order chi connectivity index (χ1) is 12.7. The smallest absolute Gasteiger partial charge is 0.234 e. The molecule has 0 saturated carbocycles. The molecule has 0 saturated heterocycles. The molecule has 4 aromatic rings. The van der Waals surface area contributed by atoms with Crippen molar-refractivity contribution in [3.8, 4) is 11.3 Å². The summed E-state index contributed by atoms with van der Waals surface area (Å²) in [5.41, 5.74) is 3.94. The molecule has 5 nitrogen and oxygen atoms in total. The quantitative estimate of drug-likeness (QED) is 0.520. The van der Waals surface area contributed by atoms with Crippen molar-refractivity contribution in [3.63, 3.8) is 0 Å². The maximum Gasteiger partial charge on any atom is 0.234 e. The number of amides is 1. The molecule has 2 N–H and O–H groups in total. The Morgan fingerprint density at radius 1 is 1.15 bits per heavy atom. The summed E-state index contributed by atoms with van der Waals surface area (Å²) in [7, 11) is 2.02. The van der Waals surface area contributed by atoms with Gasteiger partial charge in [0.1, 0.15) is 0 Å². The van der Waals surface area contributed by atoms with Crippen molar-refractivity contribution < 1.29 is 4.79 Å². The molecule has 0 aliphatic carbocycles. The predicted molar refractivity (Wildman–Crippen MR) is 106 cm³/mol. The molecule has 0 atom stereocenters. The van der Waals surface area contributed by atoms with Gasteiger partial charge in [0.2, 0.25) is 5.91 Å². The van der Waals surface area contributed by atoms with Crippen molar-refractivity contribution in [2.75, 3.05) is 11.1 Å². The van der Waals surface area contributed by atoms with Crippen LogP contribution in [0.2, 0.25) is 0 Å². The van der Waals surface area contributed by atoms with Crippen LogP contribution in [-0.4, -0.2) is 26.4 Å². The van der Waals surface area contributed by atoms with Gasteiger partial charge >= 0.3 is 0 Å². The zero-order valence-electron chi connectivity index (χ0n) is 14.3. The predicted octanol–water partition coefficient (Wildman–Crippen LogP) is 4.30. The number of nitrogens with zero attached hydrogens (tertiary/aromatic N) is 2. The highest BCUT2D eigenvalue weighted by Crippen LogP contribution is 2.26. The highest BCUT2D eigenvalue weighted by molar-refractivity contribution is 8.00. The van der Waals surface area contributed by atoms with Crippen LogP contribution in [0.15, 0.2) is 71.9 Å². The Kier molecular flexibility index (Phi) is 4.50. The number of H-pyrrole nitrogens is 1. The molecule has 2 aromatic carbocycles. The van der Waals surface area contributed by atoms with Gasteiger partial charge in [0.25, 0.3) is 0 Å². The Morgan fingerprint density at radius 2 is 1.96 bits per heavy atom. The van der Waals surface area contributed by atoms with Crippen molar-refractivity contribution in [1.29, 1.82) is 0 Å². The molecule has 0 aliphatic heterocycles. The largest absolute Gasteiger partial charge is 0.339 e. The standard InChI is InChI=1S/C20H18N4OS/c1-24-18-5-3-2-4-15(18)12-20(24)26-13-19(25)22-16-8-6-14(7-9-16)17-10-11-21-23-17/h2-12H,13H2,1H3,(H,21,23)(H,22,25). The number of carbonyl (C=O) groups excluding carboxylic acids is 1. The fourth-order valence-electron chi connectivity index (χ4n) is 2.89. The number of aryl methyl sites for hydroxylation is 1. The molecule has 0 aliphatic rings. The van der Waals surface area contributed by atoms with Crippen LogP contribution < -0.4 is 5.32 Å². The van der Waals surface area contributed by atoms with E-state index in [9.17, 15) is 4.79 Å². The topological polar surface area (TPSA) is 62.7 Å². The van der Waals surface area contributed by atoms with Crippen molar-refractivity contribution in [3.05, 3.63) is 66.9 Å². The van der Waals surface area contributed by atoms with Crippen LogP contribution >= 0.6 is 11.8 Å². The highest BCUT2D eigenvalue weighted by atomic mass is 32.2. The molecule has 1 amide bonds. The van der Waals surface area contributed by atoms with Gasteiger partial charge in [-0.05, 0) is 35.9 Å². The Morgan fingerprint density at radius 3 is 2.69 bits per heavy atom. The summed E-state index contributed by atoms with van der Waals surface area (Å²) < 4.78 is 2.12. The first-order valence-electron chi connectivity index (χ1n) is 8.27. The van der Waals surface area contributed by atoms with Crippen LogP contribution in [0.3, 0.4) is 0 Å². The average molecular weight is 362 g/mol. The van der Waals surface area contributed by atoms with Gasteiger partial charge in [-0.3, -0.25) is 9.89 Å². The fourth-order valence-corrected chi connectivity index (χ4v) is 3.74. The van der Waals surface area contributed by atoms with Gasteiger partial charge < -0.3 is 9.88 Å². The van der Waals surface area contributed by atoms with Crippen molar-refractivity contribution in [2.24, 2.45) is 7.05 Å². The minimum Gasteiger partial charge on any atom is -0.339 e. The summed E-state index contributed by atoms with van der Waals surface area (Å²) in [6.07, 6.45) is 1.72. The van der Waals surface area contributed by atoms with E-state index in [-0.39, 0.29) is 5.91 Å². The molecule has 0 bridgehead atoms. The molecule has 2 aromatic heterocycles. The van der Waals surface area contributed by atoms with Crippen LogP contribution in [0.25, 0.3) is 22.2 Å². The number of aromatic amines is 1. The van der Waals surface area contributed by atoms with Gasteiger partial charge in [0, 0.05) is 29.8 Å². The van der Waals surface area contributed by atoms with E-state index >= 15 is 0 Å². The Labute approximate surface area is 155 Å². The summed E-state index contributed by atoms with van der Waals surface area (Å²) in [5.74, 6) is 0.349. The first-order valence-corrected chi connectivity index (χ1v) is 9.26. The van der Waals surface area contributed by atoms with Crippen molar-refractivity contribution in [1.82, 2.24) is 14.8 Å². The Bertz CT molecular complexity index is 1040. The second-order valence-corrected chi connectivity index (χ2v) is 6.98. The van der Waals surface area contributed by atoms with Gasteiger partial charge in [-0.2, -0.15) is 5.10 Å². The molecule has 2 heterocycles. The number of thioether (sulfide) groups is 1. The molecule has 130 valence electrons. The van der Waals surface area contributed by atoms with E-state index in [1.165, 1.54) is 22.7 Å². The first kappa shape index (κ1) is 16.5. The Balaban J connectivity index is 1.38. The number of hydrogen-bond donors (Lipinski definition) is 2. The SMILES string of the molecule is Cn1c(SCC(=O)Nc2ccc(-c3ccn[nH]3)cc2)cc2ccccc21. The summed E-state index contributed by atoms with van der Waals surface area (Å²) in [6.45, 7) is 0. The third-order valence-electron chi connectivity index (χ3n) is 4.24. The lowest BCUT2D eigenvalue weighted by molar-refractivity contribution is -0.113. The number of carbonyl (C=O) groups is 1. The molecule has 0 radical (unpaired) electrons. The molecule has 0 unspecified atom stereocenters. The molecular formula is C20H18N4OS. The van der Waals surface area contributed by atoms with Gasteiger partial charge in [-0.25, -0.2) is 0 Å². The van der Waals surface area contributed by atoms with Crippen LogP contribution in [-0.2, 0) is 11.8 Å². The normalized spacial score (nSPS) is 11.0. The molecule has 4 rings (SSSR count). The minimum absolute atomic E-state index is 0.0189. The lowest BCUT2D eigenvalue weighted by Gasteiger charge is -2.07. The third-order valence-corrected chi connectivity index (χ3v) is 5.33. The number of anilines is 1. The maximum absolute atomic E-state index is 12.3. The number of nitrogens with one attached hydrogen (secondary N) is 2. The van der Waals surface area contributed by atoms with E-state index in [2.05, 4.69) is 38.3 Å². The number of benzene rings is 2. The number of rotatable bonds is 5. The fraction of sp³-hybridized carbons (Fsp3) is 0.100. The van der Waals surface area contributed by atoms with Crippen LogP contribution in [0.4, 0.5) is 5.69 Å². The number of para-hydroxylation sites is 1. The summed E-state index contributed by atoms with van der Waals surface area (Å²) >= 11 is 1.54. The maximum atomic E-state index is 12.3. The number of hydrogen-bond acceptors (Lipinski definition) is 3. The summed E-state index contributed by atoms with van der Waals surface area (Å²) in [4.78, 5) is 12.3. The second-order valence-electron chi connectivity index (χ2n) is 5.98. The van der Waals surface area contributed by atoms with Gasteiger partial charge in [-0.15, -0.1) is 0 Å². The number of aromatic nitrogens is 3. The molecule has 0 spiro atoms. The van der Waals surface area contributed by atoms with Crippen LogP contribution in [0.5, 0.6) is 0 Å². The van der Waals surface area contributed by atoms with E-state index in [0.717, 1.165) is 22.0 Å². The van der Waals surface area contributed by atoms with Gasteiger partial charge in [0.05, 0.1) is 16.5 Å². The Hall–Kier alpha value is -2.99. The lowest BCUT2D eigenvalue weighted by atomic mass is 10.1. The van der Waals surface area contributed by atoms with Gasteiger partial charge in [0.15, 0.2) is 0 Å². The highest BCUT2D eigenvalue weighted by Gasteiger charge is 2.09. The van der Waals surface area contributed by atoms with E-state index < -0.39 is 0 Å². The van der Waals surface area contributed by atoms with Crippen LogP contribution in [0.1, 0.15) is 0 Å². The lowest BCUT2D eigenvalue weighted by Crippen LogP contribution is -2.14. The summed E-state index contributed by atoms with van der Waals surface area (Å²) in [6, 6.07) is 20.0. The average Bonchev–Trinajstić information content (AvgIpc) is 3.30. The van der Waals surface area contributed by atoms with Crippen LogP contribution in [0, 0.1) is 0 Å². The minimum atomic E-state index is -0.0189. The van der Waals surface area contributed by atoms with E-state index in [1.54, 1.807) is 6.20 Å². The monoisotopic (exact) mass is 362 g/mol. The zero-order valence-corrected chi connectivity index (χ0v) is 15.1. The molecular weight excluding hydrogens is 344 g/mol. The van der Waals surface area contributed by atoms with Crippen molar-refractivity contribution >= 4 is 34.3 Å². The summed E-state index contributed by atoms with van der Waals surface area (Å²) in [5, 5.41) is 12.1. The van der Waals surface area contributed by atoms with E-state index in [0.29, 0.717) is 5.75 Å². The molecule has 6 heteroatoms. The second kappa shape index (κ2) is 7.09. The molecule has 26 heavy (non-hydrogen) atoms. The van der Waals surface area contributed by atoms with E-state index in [1.807, 2.05) is 49.5 Å². The number of fused-ring (bicyclic) bond motifs is 1. The molecule has 0 fully saturated rings. The van der Waals surface area contributed by atoms with Crippen molar-refractivity contribution in [2.45, 2.75) is 5.03 Å². The third kappa shape index (κ3) is 3.36.